The van der Waals surface area contributed by atoms with Crippen LogP contribution in [0.1, 0.15) is 35.7 Å². The van der Waals surface area contributed by atoms with Crippen LogP contribution in [0.25, 0.3) is 11.3 Å². The first-order valence-corrected chi connectivity index (χ1v) is 8.85. The normalized spacial score (nSPS) is 16.2. The third-order valence-electron chi connectivity index (χ3n) is 4.84. The van der Waals surface area contributed by atoms with Gasteiger partial charge in [0.25, 0.3) is 0 Å². The maximum atomic E-state index is 12.9. The first kappa shape index (κ1) is 16.4. The summed E-state index contributed by atoms with van der Waals surface area (Å²) in [7, 11) is 1.84. The van der Waals surface area contributed by atoms with Crippen LogP contribution in [-0.4, -0.2) is 25.9 Å². The highest BCUT2D eigenvalue weighted by atomic mass is 16.2. The van der Waals surface area contributed by atoms with Crippen LogP contribution in [0.5, 0.6) is 0 Å². The molecule has 1 aliphatic rings. The van der Waals surface area contributed by atoms with Gasteiger partial charge in [-0.3, -0.25) is 9.48 Å². The van der Waals surface area contributed by atoms with Crippen molar-refractivity contribution in [3.05, 3.63) is 59.4 Å². The number of hydrogen-bond acceptors (Lipinski definition) is 4. The number of carbonyl (C=O) groups is 1. The predicted octanol–water partition coefficient (Wildman–Crippen LogP) is 3.24. The minimum absolute atomic E-state index is 0.0510. The summed E-state index contributed by atoms with van der Waals surface area (Å²) in [5, 5.41) is 11.2. The van der Waals surface area contributed by atoms with E-state index in [0.717, 1.165) is 41.9 Å². The minimum Gasteiger partial charge on any atom is -0.310 e. The van der Waals surface area contributed by atoms with E-state index in [9.17, 15) is 4.79 Å². The Kier molecular flexibility index (Phi) is 4.24. The molecule has 132 valence electrons. The van der Waals surface area contributed by atoms with E-state index in [4.69, 9.17) is 0 Å². The van der Waals surface area contributed by atoms with Crippen LogP contribution in [0, 0.1) is 6.92 Å². The molecule has 6 heteroatoms. The monoisotopic (exact) mass is 347 g/mol. The Hall–Kier alpha value is -3.02. The van der Waals surface area contributed by atoms with E-state index >= 15 is 0 Å². The highest BCUT2D eigenvalue weighted by Gasteiger charge is 2.31. The summed E-state index contributed by atoms with van der Waals surface area (Å²) in [4.78, 5) is 17.5. The number of fused-ring (bicyclic) bond motifs is 1. The van der Waals surface area contributed by atoms with Crippen molar-refractivity contribution in [1.29, 1.82) is 0 Å². The fourth-order valence-electron chi connectivity index (χ4n) is 3.48. The molecule has 6 nitrogen and oxygen atoms in total. The smallest absolute Gasteiger partial charge is 0.234 e. The zero-order valence-corrected chi connectivity index (χ0v) is 14.9. The number of anilines is 1. The third-order valence-corrected chi connectivity index (χ3v) is 4.84. The van der Waals surface area contributed by atoms with Crippen LogP contribution in [0.3, 0.4) is 0 Å². The molecule has 1 atom stereocenters. The second-order valence-corrected chi connectivity index (χ2v) is 6.75. The van der Waals surface area contributed by atoms with Gasteiger partial charge in [0.2, 0.25) is 5.91 Å². The Bertz CT molecular complexity index is 945. The predicted molar refractivity (Wildman–Crippen MR) is 99.7 cm³/mol. The highest BCUT2D eigenvalue weighted by Crippen LogP contribution is 2.31. The maximum absolute atomic E-state index is 12.9. The zero-order valence-electron chi connectivity index (χ0n) is 14.9. The van der Waals surface area contributed by atoms with Crippen molar-refractivity contribution in [1.82, 2.24) is 20.0 Å². The molecule has 0 saturated heterocycles. The lowest BCUT2D eigenvalue weighted by molar-refractivity contribution is -0.118. The number of nitrogens with zero attached hydrogens (tertiary/aromatic N) is 4. The second kappa shape index (κ2) is 6.71. The lowest BCUT2D eigenvalue weighted by atomic mass is 9.89. The van der Waals surface area contributed by atoms with Crippen LogP contribution in [-0.2, 0) is 18.3 Å². The van der Waals surface area contributed by atoms with Gasteiger partial charge in [0.1, 0.15) is 5.82 Å². The lowest BCUT2D eigenvalue weighted by Crippen LogP contribution is -2.26. The van der Waals surface area contributed by atoms with Gasteiger partial charge in [-0.2, -0.15) is 0 Å². The number of amides is 1. The van der Waals surface area contributed by atoms with Gasteiger partial charge in [-0.05, 0) is 38.3 Å². The molecule has 1 aromatic carbocycles. The molecule has 0 aliphatic heterocycles. The van der Waals surface area contributed by atoms with E-state index in [1.807, 2.05) is 37.4 Å². The largest absolute Gasteiger partial charge is 0.310 e. The fraction of sp³-hybridized carbons (Fsp3) is 0.300. The molecule has 0 spiro atoms. The number of nitrogens with one attached hydrogen (secondary N) is 1. The van der Waals surface area contributed by atoms with Gasteiger partial charge in [-0.25, -0.2) is 4.98 Å². The maximum Gasteiger partial charge on any atom is 0.234 e. The average Bonchev–Trinajstić information content (AvgIpc) is 3.04. The molecule has 0 bridgehead atoms. The van der Waals surface area contributed by atoms with E-state index in [2.05, 4.69) is 39.7 Å². The van der Waals surface area contributed by atoms with Crippen molar-refractivity contribution >= 4 is 11.7 Å². The van der Waals surface area contributed by atoms with Crippen LogP contribution in [0.2, 0.25) is 0 Å². The van der Waals surface area contributed by atoms with Crippen molar-refractivity contribution < 1.29 is 4.79 Å². The first-order valence-electron chi connectivity index (χ1n) is 8.85. The topological polar surface area (TPSA) is 72.7 Å². The number of benzene rings is 1. The van der Waals surface area contributed by atoms with Crippen LogP contribution >= 0.6 is 0 Å². The van der Waals surface area contributed by atoms with Crippen molar-refractivity contribution in [3.8, 4) is 11.3 Å². The summed E-state index contributed by atoms with van der Waals surface area (Å²) < 4.78 is 1.72. The van der Waals surface area contributed by atoms with E-state index in [0.29, 0.717) is 5.82 Å². The Morgan fingerprint density at radius 1 is 1.19 bits per heavy atom. The van der Waals surface area contributed by atoms with Gasteiger partial charge in [0.05, 0.1) is 23.0 Å². The molecule has 3 aromatic rings. The third kappa shape index (κ3) is 3.10. The molecule has 2 aromatic heterocycles. The average molecular weight is 347 g/mol. The van der Waals surface area contributed by atoms with Gasteiger partial charge in [0, 0.05) is 12.6 Å². The van der Waals surface area contributed by atoms with E-state index in [1.165, 1.54) is 5.56 Å². The van der Waals surface area contributed by atoms with Crippen molar-refractivity contribution in [2.75, 3.05) is 5.32 Å². The summed E-state index contributed by atoms with van der Waals surface area (Å²) >= 11 is 0. The van der Waals surface area contributed by atoms with Crippen LogP contribution in [0.15, 0.2) is 42.5 Å². The molecule has 0 saturated carbocycles. The van der Waals surface area contributed by atoms with E-state index in [1.54, 1.807) is 4.68 Å². The highest BCUT2D eigenvalue weighted by molar-refractivity contribution is 5.95. The van der Waals surface area contributed by atoms with E-state index < -0.39 is 0 Å². The summed E-state index contributed by atoms with van der Waals surface area (Å²) in [6.07, 6.45) is 2.63. The van der Waals surface area contributed by atoms with Crippen LogP contribution in [0.4, 0.5) is 5.82 Å². The molecule has 0 radical (unpaired) electrons. The molecular formula is C20H21N5O. The van der Waals surface area contributed by atoms with Gasteiger partial charge >= 0.3 is 0 Å². The second-order valence-electron chi connectivity index (χ2n) is 6.75. The fourth-order valence-corrected chi connectivity index (χ4v) is 3.48. The number of rotatable bonds is 3. The van der Waals surface area contributed by atoms with Crippen molar-refractivity contribution in [2.45, 2.75) is 32.1 Å². The first-order chi connectivity index (χ1) is 12.6. The quantitative estimate of drug-likeness (QED) is 0.789. The Morgan fingerprint density at radius 3 is 2.81 bits per heavy atom. The number of pyridine rings is 1. The number of carbonyl (C=O) groups excluding carboxylic acids is 1. The molecule has 4 rings (SSSR count). The van der Waals surface area contributed by atoms with Gasteiger partial charge in [0.15, 0.2) is 0 Å². The van der Waals surface area contributed by atoms with Crippen LogP contribution < -0.4 is 5.32 Å². The molecule has 1 aliphatic carbocycles. The van der Waals surface area contributed by atoms with Crippen molar-refractivity contribution in [2.24, 2.45) is 7.05 Å². The zero-order chi connectivity index (χ0) is 18.1. The molecule has 1 unspecified atom stereocenters. The lowest BCUT2D eigenvalue weighted by Gasteiger charge is -2.21. The SMILES string of the molecule is Cc1ccc(-c2cccc(NC(=O)C3CCCc4nnn(C)c43)n2)cc1. The summed E-state index contributed by atoms with van der Waals surface area (Å²) in [6, 6.07) is 13.9. The Labute approximate surface area is 152 Å². The standard InChI is InChI=1S/C20H21N5O/c1-13-9-11-14(12-10-13)16-6-4-8-18(21-16)22-20(26)15-5-3-7-17-19(15)25(2)24-23-17/h4,6,8-12,15H,3,5,7H2,1-2H3,(H,21,22,26). The molecule has 2 heterocycles. The summed E-state index contributed by atoms with van der Waals surface area (Å²) in [6.45, 7) is 2.06. The molecule has 1 amide bonds. The van der Waals surface area contributed by atoms with Crippen molar-refractivity contribution in [3.63, 3.8) is 0 Å². The minimum atomic E-state index is -0.233. The summed E-state index contributed by atoms with van der Waals surface area (Å²) in [5.41, 5.74) is 4.93. The summed E-state index contributed by atoms with van der Waals surface area (Å²) in [5.74, 6) is 0.281. The van der Waals surface area contributed by atoms with E-state index in [-0.39, 0.29) is 11.8 Å². The number of aryl methyl sites for hydroxylation is 3. The number of aromatic nitrogens is 4. The number of hydrogen-bond donors (Lipinski definition) is 1. The molecule has 26 heavy (non-hydrogen) atoms. The van der Waals surface area contributed by atoms with Gasteiger partial charge < -0.3 is 5.32 Å². The molecule has 0 fully saturated rings. The van der Waals surface area contributed by atoms with Gasteiger partial charge in [-0.1, -0.05) is 41.1 Å². The molecular weight excluding hydrogens is 326 g/mol. The van der Waals surface area contributed by atoms with Gasteiger partial charge in [-0.15, -0.1) is 5.10 Å². The molecule has 1 N–H and O–H groups in total. The Balaban J connectivity index is 1.56. The Morgan fingerprint density at radius 2 is 2.00 bits per heavy atom.